The molecule has 1 N–H and O–H groups in total. The second-order valence-electron chi connectivity index (χ2n) is 7.86. The minimum Gasteiger partial charge on any atom is -0.493 e. The second kappa shape index (κ2) is 12.1. The number of ether oxygens (including phenoxy) is 2. The van der Waals surface area contributed by atoms with Gasteiger partial charge in [-0.2, -0.15) is 0 Å². The first-order valence-corrected chi connectivity index (χ1v) is 11.7. The van der Waals surface area contributed by atoms with E-state index in [2.05, 4.69) is 16.8 Å². The lowest BCUT2D eigenvalue weighted by Crippen LogP contribution is -2.33. The Morgan fingerprint density at radius 1 is 1.12 bits per heavy atom. The monoisotopic (exact) mass is 476 g/mol. The molecule has 3 rings (SSSR count). The molecule has 1 unspecified atom stereocenters. The summed E-state index contributed by atoms with van der Waals surface area (Å²) < 4.78 is 11.5. The van der Waals surface area contributed by atoms with Crippen LogP contribution in [0.25, 0.3) is 0 Å². The van der Waals surface area contributed by atoms with Crippen LogP contribution in [0.15, 0.2) is 49.1 Å². The first kappa shape index (κ1) is 24.4. The van der Waals surface area contributed by atoms with Crippen LogP contribution in [0.5, 0.6) is 11.5 Å². The van der Waals surface area contributed by atoms with Gasteiger partial charge < -0.3 is 14.8 Å². The number of amides is 1. The zero-order valence-corrected chi connectivity index (χ0v) is 19.9. The van der Waals surface area contributed by atoms with Gasteiger partial charge >= 0.3 is 0 Å². The molecule has 1 heterocycles. The molecule has 2 aromatic rings. The molecule has 1 amide bonds. The molecule has 0 bridgehead atoms. The third-order valence-corrected chi connectivity index (χ3v) is 6.35. The third kappa shape index (κ3) is 6.64. The number of carbonyl (C=O) groups is 1. The molecule has 1 aliphatic rings. The molecule has 0 spiro atoms. The van der Waals surface area contributed by atoms with Gasteiger partial charge in [0.1, 0.15) is 6.61 Å². The topological polar surface area (TPSA) is 50.8 Å². The number of allylic oxidation sites excluding steroid dienone is 1. The van der Waals surface area contributed by atoms with E-state index in [1.807, 2.05) is 18.2 Å². The van der Waals surface area contributed by atoms with E-state index in [1.54, 1.807) is 31.4 Å². The van der Waals surface area contributed by atoms with Gasteiger partial charge in [-0.15, -0.1) is 6.58 Å². The van der Waals surface area contributed by atoms with E-state index in [1.165, 1.54) is 19.3 Å². The number of hydrogen-bond acceptors (Lipinski definition) is 4. The van der Waals surface area contributed by atoms with Gasteiger partial charge in [0.25, 0.3) is 0 Å². The number of rotatable bonds is 10. The molecule has 1 fully saturated rings. The number of nitrogens with zero attached hydrogens (tertiary/aromatic N) is 1. The first-order valence-electron chi connectivity index (χ1n) is 10.9. The van der Waals surface area contributed by atoms with E-state index in [9.17, 15) is 4.79 Å². The molecule has 2 aromatic carbocycles. The van der Waals surface area contributed by atoms with E-state index in [-0.39, 0.29) is 5.91 Å². The predicted molar refractivity (Wildman–Crippen MR) is 131 cm³/mol. The average Bonchev–Trinajstić information content (AvgIpc) is 2.80. The summed E-state index contributed by atoms with van der Waals surface area (Å²) in [5.74, 6) is 0.693. The first-order chi connectivity index (χ1) is 15.5. The van der Waals surface area contributed by atoms with Crippen molar-refractivity contribution in [2.75, 3.05) is 38.7 Å². The number of likely N-dealkylation sites (tertiary alicyclic amines) is 1. The zero-order chi connectivity index (χ0) is 22.9. The Balaban J connectivity index is 1.72. The van der Waals surface area contributed by atoms with E-state index in [4.69, 9.17) is 32.7 Å². The highest BCUT2D eigenvalue weighted by Crippen LogP contribution is 2.33. The van der Waals surface area contributed by atoms with Crippen LogP contribution >= 0.6 is 23.2 Å². The van der Waals surface area contributed by atoms with Gasteiger partial charge in [-0.3, -0.25) is 9.69 Å². The Kier molecular flexibility index (Phi) is 9.27. The van der Waals surface area contributed by atoms with Crippen LogP contribution in [0.1, 0.15) is 37.2 Å². The molecule has 5 nitrogen and oxygen atoms in total. The summed E-state index contributed by atoms with van der Waals surface area (Å²) in [5.41, 5.74) is 1.42. The van der Waals surface area contributed by atoms with Gasteiger partial charge in [0.2, 0.25) is 5.91 Å². The zero-order valence-electron chi connectivity index (χ0n) is 18.4. The lowest BCUT2D eigenvalue weighted by Gasteiger charge is -2.26. The van der Waals surface area contributed by atoms with Crippen molar-refractivity contribution < 1.29 is 14.3 Å². The van der Waals surface area contributed by atoms with Gasteiger partial charge in [0.05, 0.1) is 23.1 Å². The standard InChI is InChI=1S/C25H30Cl2N2O3/c1-3-7-20(25(30)28-19-9-10-21(26)22(27)17-19)18-8-11-23(31-2)24(16-18)32-15-14-29-12-5-4-6-13-29/h3,8-11,16-17,20H,1,4-7,12-15H2,2H3,(H,28,30). The lowest BCUT2D eigenvalue weighted by molar-refractivity contribution is -0.117. The summed E-state index contributed by atoms with van der Waals surface area (Å²) in [7, 11) is 1.62. The number of halogens is 2. The molecule has 0 aromatic heterocycles. The van der Waals surface area contributed by atoms with E-state index < -0.39 is 5.92 Å². The van der Waals surface area contributed by atoms with Gasteiger partial charge in [0.15, 0.2) is 11.5 Å². The number of nitrogens with one attached hydrogen (secondary N) is 1. The Morgan fingerprint density at radius 2 is 1.91 bits per heavy atom. The third-order valence-electron chi connectivity index (χ3n) is 5.61. The van der Waals surface area contributed by atoms with Crippen molar-refractivity contribution in [2.45, 2.75) is 31.6 Å². The molecular weight excluding hydrogens is 447 g/mol. The summed E-state index contributed by atoms with van der Waals surface area (Å²) in [4.78, 5) is 15.5. The molecule has 32 heavy (non-hydrogen) atoms. The fraction of sp³-hybridized carbons (Fsp3) is 0.400. The predicted octanol–water partition coefficient (Wildman–Crippen LogP) is 6.17. The van der Waals surface area contributed by atoms with Crippen LogP contribution in [0.2, 0.25) is 10.0 Å². The largest absolute Gasteiger partial charge is 0.493 e. The van der Waals surface area contributed by atoms with Crippen molar-refractivity contribution in [3.05, 3.63) is 64.7 Å². The number of anilines is 1. The van der Waals surface area contributed by atoms with Crippen LogP contribution < -0.4 is 14.8 Å². The molecule has 1 aliphatic heterocycles. The highest BCUT2D eigenvalue weighted by Gasteiger charge is 2.22. The highest BCUT2D eigenvalue weighted by molar-refractivity contribution is 6.42. The van der Waals surface area contributed by atoms with Crippen LogP contribution in [-0.2, 0) is 4.79 Å². The van der Waals surface area contributed by atoms with Crippen molar-refractivity contribution in [1.82, 2.24) is 4.90 Å². The maximum atomic E-state index is 13.1. The van der Waals surface area contributed by atoms with Gasteiger partial charge in [-0.05, 0) is 68.2 Å². The number of benzene rings is 2. The summed E-state index contributed by atoms with van der Waals surface area (Å²) in [6, 6.07) is 10.6. The van der Waals surface area contributed by atoms with Gasteiger partial charge in [0, 0.05) is 12.2 Å². The Morgan fingerprint density at radius 3 is 2.59 bits per heavy atom. The van der Waals surface area contributed by atoms with Crippen LogP contribution in [0.4, 0.5) is 5.69 Å². The van der Waals surface area contributed by atoms with Crippen LogP contribution in [0.3, 0.4) is 0 Å². The molecule has 0 radical (unpaired) electrons. The summed E-state index contributed by atoms with van der Waals surface area (Å²) in [5, 5.41) is 3.75. The van der Waals surface area contributed by atoms with Crippen molar-refractivity contribution in [3.63, 3.8) is 0 Å². The smallest absolute Gasteiger partial charge is 0.232 e. The molecule has 1 saturated heterocycles. The number of carbonyl (C=O) groups excluding carboxylic acids is 1. The van der Waals surface area contributed by atoms with Crippen LogP contribution in [-0.4, -0.2) is 44.2 Å². The normalized spacial score (nSPS) is 15.1. The molecule has 172 valence electrons. The molecule has 7 heteroatoms. The molecule has 1 atom stereocenters. The van der Waals surface area contributed by atoms with E-state index in [0.717, 1.165) is 25.2 Å². The second-order valence-corrected chi connectivity index (χ2v) is 8.67. The molecule has 0 aliphatic carbocycles. The number of methoxy groups -OCH3 is 1. The Labute approximate surface area is 200 Å². The Bertz CT molecular complexity index is 929. The molecule has 0 saturated carbocycles. The minimum atomic E-state index is -0.433. The van der Waals surface area contributed by atoms with Crippen molar-refractivity contribution >= 4 is 34.8 Å². The van der Waals surface area contributed by atoms with Crippen molar-refractivity contribution in [2.24, 2.45) is 0 Å². The maximum absolute atomic E-state index is 13.1. The quantitative estimate of drug-likeness (QED) is 0.416. The number of piperidine rings is 1. The van der Waals surface area contributed by atoms with Crippen LogP contribution in [0, 0.1) is 0 Å². The minimum absolute atomic E-state index is 0.160. The fourth-order valence-electron chi connectivity index (χ4n) is 3.85. The maximum Gasteiger partial charge on any atom is 0.232 e. The molecular formula is C25H30Cl2N2O3. The van der Waals surface area contributed by atoms with E-state index in [0.29, 0.717) is 40.3 Å². The summed E-state index contributed by atoms with van der Waals surface area (Å²) >= 11 is 12.1. The van der Waals surface area contributed by atoms with Crippen molar-refractivity contribution in [1.29, 1.82) is 0 Å². The SMILES string of the molecule is C=CCC(C(=O)Nc1ccc(Cl)c(Cl)c1)c1ccc(OC)c(OCCN2CCCCC2)c1. The summed E-state index contributed by atoms with van der Waals surface area (Å²) in [6.45, 7) is 7.51. The van der Waals surface area contributed by atoms with Gasteiger partial charge in [-0.25, -0.2) is 0 Å². The average molecular weight is 477 g/mol. The highest BCUT2D eigenvalue weighted by atomic mass is 35.5. The lowest BCUT2D eigenvalue weighted by atomic mass is 9.94. The van der Waals surface area contributed by atoms with Gasteiger partial charge in [-0.1, -0.05) is 41.8 Å². The number of hydrogen-bond donors (Lipinski definition) is 1. The summed E-state index contributed by atoms with van der Waals surface area (Å²) in [6.07, 6.45) is 6.01. The fourth-order valence-corrected chi connectivity index (χ4v) is 4.15. The van der Waals surface area contributed by atoms with Crippen molar-refractivity contribution in [3.8, 4) is 11.5 Å². The Hall–Kier alpha value is -2.21. The van der Waals surface area contributed by atoms with E-state index >= 15 is 0 Å².